The van der Waals surface area contributed by atoms with Gasteiger partial charge in [0.15, 0.2) is 0 Å². The zero-order valence-electron chi connectivity index (χ0n) is 11.2. The molecule has 1 aromatic carbocycles. The smallest absolute Gasteiger partial charge is 0.122 e. The van der Waals surface area contributed by atoms with Crippen LogP contribution >= 0.6 is 12.4 Å². The predicted molar refractivity (Wildman–Crippen MR) is 74.6 cm³/mol. The van der Waals surface area contributed by atoms with Gasteiger partial charge in [0.1, 0.15) is 11.5 Å². The Balaban J connectivity index is 0.00000289. The molecule has 0 heterocycles. The van der Waals surface area contributed by atoms with E-state index in [1.165, 1.54) is 0 Å². The van der Waals surface area contributed by atoms with Gasteiger partial charge in [0, 0.05) is 6.07 Å². The van der Waals surface area contributed by atoms with E-state index in [0.29, 0.717) is 11.5 Å². The number of rotatable bonds is 5. The highest BCUT2D eigenvalue weighted by Gasteiger charge is 2.21. The quantitative estimate of drug-likeness (QED) is 0.864. The van der Waals surface area contributed by atoms with E-state index in [0.717, 1.165) is 5.56 Å². The zero-order valence-corrected chi connectivity index (χ0v) is 12.0. The van der Waals surface area contributed by atoms with E-state index < -0.39 is 12.1 Å². The van der Waals surface area contributed by atoms with Crippen LogP contribution in [0.5, 0.6) is 11.5 Å². The summed E-state index contributed by atoms with van der Waals surface area (Å²) in [5.41, 5.74) is 6.83. The maximum absolute atomic E-state index is 9.97. The molecule has 0 bridgehead atoms. The number of nitrogens with two attached hydrogens (primary N) is 1. The van der Waals surface area contributed by atoms with Gasteiger partial charge in [-0.05, 0) is 23.6 Å². The molecule has 0 radical (unpaired) electrons. The normalized spacial score (nSPS) is 13.7. The minimum absolute atomic E-state index is 0. The molecule has 0 aliphatic heterocycles. The summed E-state index contributed by atoms with van der Waals surface area (Å²) in [5, 5.41) is 9.97. The average molecular weight is 276 g/mol. The monoisotopic (exact) mass is 275 g/mol. The van der Waals surface area contributed by atoms with Gasteiger partial charge in [0.25, 0.3) is 0 Å². The average Bonchev–Trinajstić information content (AvgIpc) is 2.35. The molecule has 3 N–H and O–H groups in total. The fourth-order valence-electron chi connectivity index (χ4n) is 1.63. The van der Waals surface area contributed by atoms with Crippen LogP contribution in [-0.2, 0) is 0 Å². The summed E-state index contributed by atoms with van der Waals surface area (Å²) in [5.74, 6) is 1.44. The summed E-state index contributed by atoms with van der Waals surface area (Å²) in [6, 6.07) is 4.97. The summed E-state index contributed by atoms with van der Waals surface area (Å²) in [6.45, 7) is 3.86. The molecular formula is C13H22ClNO3. The standard InChI is InChI=1S/C13H21NO3.ClH/c1-8(2)13(15)12(14)9-5-10(16-3)7-11(6-9)17-4;/h5-8,12-13,15H,14H2,1-4H3;1H/t12-,13+;/m1./s1. The van der Waals surface area contributed by atoms with Crippen molar-refractivity contribution >= 4 is 12.4 Å². The van der Waals surface area contributed by atoms with Crippen molar-refractivity contribution in [2.24, 2.45) is 11.7 Å². The summed E-state index contributed by atoms with van der Waals surface area (Å²) in [6.07, 6.45) is -0.591. The van der Waals surface area contributed by atoms with Crippen LogP contribution in [0.25, 0.3) is 0 Å². The third kappa shape index (κ3) is 4.05. The van der Waals surface area contributed by atoms with Gasteiger partial charge in [0.05, 0.1) is 26.4 Å². The van der Waals surface area contributed by atoms with Crippen molar-refractivity contribution in [2.45, 2.75) is 26.0 Å². The molecule has 4 nitrogen and oxygen atoms in total. The third-order valence-corrected chi connectivity index (χ3v) is 2.81. The van der Waals surface area contributed by atoms with Crippen molar-refractivity contribution in [2.75, 3.05) is 14.2 Å². The Morgan fingerprint density at radius 1 is 1.06 bits per heavy atom. The molecular weight excluding hydrogens is 254 g/mol. The van der Waals surface area contributed by atoms with Gasteiger partial charge in [0.2, 0.25) is 0 Å². The maximum Gasteiger partial charge on any atom is 0.122 e. The molecule has 0 unspecified atom stereocenters. The van der Waals surface area contributed by atoms with Gasteiger partial charge in [-0.3, -0.25) is 0 Å². The van der Waals surface area contributed by atoms with Gasteiger partial charge in [-0.1, -0.05) is 13.8 Å². The molecule has 1 aromatic rings. The molecule has 0 saturated carbocycles. The number of ether oxygens (including phenoxy) is 2. The highest BCUT2D eigenvalue weighted by molar-refractivity contribution is 5.85. The highest BCUT2D eigenvalue weighted by Crippen LogP contribution is 2.28. The lowest BCUT2D eigenvalue weighted by Gasteiger charge is -2.23. The summed E-state index contributed by atoms with van der Waals surface area (Å²) in [7, 11) is 3.17. The van der Waals surface area contributed by atoms with E-state index in [9.17, 15) is 5.11 Å². The van der Waals surface area contributed by atoms with Crippen LogP contribution in [0.2, 0.25) is 0 Å². The van der Waals surface area contributed by atoms with Crippen LogP contribution in [-0.4, -0.2) is 25.4 Å². The van der Waals surface area contributed by atoms with E-state index in [2.05, 4.69) is 0 Å². The van der Waals surface area contributed by atoms with Crippen LogP contribution in [0.3, 0.4) is 0 Å². The van der Waals surface area contributed by atoms with Crippen molar-refractivity contribution in [3.05, 3.63) is 23.8 Å². The molecule has 0 aliphatic carbocycles. The van der Waals surface area contributed by atoms with E-state index >= 15 is 0 Å². The lowest BCUT2D eigenvalue weighted by molar-refractivity contribution is 0.0978. The Hall–Kier alpha value is -0.970. The first-order chi connectivity index (χ1) is 7.99. The Bertz CT molecular complexity index is 349. The SMILES string of the molecule is COc1cc(OC)cc([C@@H](N)[C@@H](O)C(C)C)c1.Cl. The van der Waals surface area contributed by atoms with Gasteiger partial charge in [-0.2, -0.15) is 0 Å². The first-order valence-corrected chi connectivity index (χ1v) is 5.66. The predicted octanol–water partition coefficient (Wildman–Crippen LogP) is 2.14. The second-order valence-electron chi connectivity index (χ2n) is 4.41. The molecule has 104 valence electrons. The topological polar surface area (TPSA) is 64.7 Å². The number of hydrogen-bond acceptors (Lipinski definition) is 4. The highest BCUT2D eigenvalue weighted by atomic mass is 35.5. The lowest BCUT2D eigenvalue weighted by atomic mass is 9.94. The van der Waals surface area contributed by atoms with Crippen molar-refractivity contribution in [1.82, 2.24) is 0 Å². The van der Waals surface area contributed by atoms with Gasteiger partial charge in [-0.15, -0.1) is 12.4 Å². The number of hydrogen-bond donors (Lipinski definition) is 2. The molecule has 0 amide bonds. The second kappa shape index (κ2) is 7.46. The minimum Gasteiger partial charge on any atom is -0.497 e. The van der Waals surface area contributed by atoms with Crippen LogP contribution in [0.4, 0.5) is 0 Å². The van der Waals surface area contributed by atoms with Gasteiger partial charge >= 0.3 is 0 Å². The van der Waals surface area contributed by atoms with E-state index in [-0.39, 0.29) is 18.3 Å². The maximum atomic E-state index is 9.97. The molecule has 0 spiro atoms. The fourth-order valence-corrected chi connectivity index (χ4v) is 1.63. The molecule has 18 heavy (non-hydrogen) atoms. The lowest BCUT2D eigenvalue weighted by Crippen LogP contribution is -2.30. The van der Waals surface area contributed by atoms with Crippen molar-refractivity contribution in [3.63, 3.8) is 0 Å². The fraction of sp³-hybridized carbons (Fsp3) is 0.538. The van der Waals surface area contributed by atoms with Crippen molar-refractivity contribution < 1.29 is 14.6 Å². The zero-order chi connectivity index (χ0) is 13.0. The summed E-state index contributed by atoms with van der Waals surface area (Å²) in [4.78, 5) is 0. The Labute approximate surface area is 115 Å². The van der Waals surface area contributed by atoms with Crippen LogP contribution in [0.1, 0.15) is 25.5 Å². The molecule has 1 rings (SSSR count). The van der Waals surface area contributed by atoms with Crippen LogP contribution in [0.15, 0.2) is 18.2 Å². The first-order valence-electron chi connectivity index (χ1n) is 5.66. The molecule has 0 aliphatic rings. The van der Waals surface area contributed by atoms with E-state index in [1.807, 2.05) is 26.0 Å². The molecule has 5 heteroatoms. The van der Waals surface area contributed by atoms with E-state index in [4.69, 9.17) is 15.2 Å². The van der Waals surface area contributed by atoms with Crippen molar-refractivity contribution in [3.8, 4) is 11.5 Å². The summed E-state index contributed by atoms with van der Waals surface area (Å²) >= 11 is 0. The largest absolute Gasteiger partial charge is 0.497 e. The van der Waals surface area contributed by atoms with Gasteiger partial charge in [-0.25, -0.2) is 0 Å². The molecule has 0 aromatic heterocycles. The van der Waals surface area contributed by atoms with E-state index in [1.54, 1.807) is 20.3 Å². The number of aliphatic hydroxyl groups excluding tert-OH is 1. The number of aliphatic hydroxyl groups is 1. The number of methoxy groups -OCH3 is 2. The molecule has 0 saturated heterocycles. The first kappa shape index (κ1) is 17.0. The minimum atomic E-state index is -0.591. The van der Waals surface area contributed by atoms with Crippen LogP contribution in [0, 0.1) is 5.92 Å². The summed E-state index contributed by atoms with van der Waals surface area (Å²) < 4.78 is 10.3. The Morgan fingerprint density at radius 3 is 1.83 bits per heavy atom. The molecule has 0 fully saturated rings. The Morgan fingerprint density at radius 2 is 1.50 bits per heavy atom. The molecule has 2 atom stereocenters. The Kier molecular flexibility index (Phi) is 7.06. The second-order valence-corrected chi connectivity index (χ2v) is 4.41. The number of benzene rings is 1. The number of halogens is 1. The van der Waals surface area contributed by atoms with Crippen LogP contribution < -0.4 is 15.2 Å². The third-order valence-electron chi connectivity index (χ3n) is 2.81. The van der Waals surface area contributed by atoms with Crippen molar-refractivity contribution in [1.29, 1.82) is 0 Å². The van der Waals surface area contributed by atoms with Gasteiger partial charge < -0.3 is 20.3 Å².